The Morgan fingerprint density at radius 1 is 1.10 bits per heavy atom. The van der Waals surface area contributed by atoms with Gasteiger partial charge in [0.05, 0.1) is 0 Å². The van der Waals surface area contributed by atoms with Crippen molar-refractivity contribution < 1.29 is 4.39 Å². The van der Waals surface area contributed by atoms with Crippen molar-refractivity contribution in [3.05, 3.63) is 71.7 Å². The molecule has 2 nitrogen and oxygen atoms in total. The maximum absolute atomic E-state index is 13.1. The fourth-order valence-corrected chi connectivity index (χ4v) is 2.79. The van der Waals surface area contributed by atoms with Gasteiger partial charge >= 0.3 is 0 Å². The first-order chi connectivity index (χ1) is 9.70. The van der Waals surface area contributed by atoms with Gasteiger partial charge in [0.1, 0.15) is 5.82 Å². The van der Waals surface area contributed by atoms with E-state index in [0.29, 0.717) is 6.54 Å². The van der Waals surface area contributed by atoms with E-state index in [1.165, 1.54) is 28.6 Å². The van der Waals surface area contributed by atoms with Crippen LogP contribution in [0.1, 0.15) is 17.0 Å². The van der Waals surface area contributed by atoms with Crippen LogP contribution in [-0.2, 0) is 7.05 Å². The highest BCUT2D eigenvalue weighted by molar-refractivity contribution is 5.85. The van der Waals surface area contributed by atoms with Crippen LogP contribution in [0.3, 0.4) is 0 Å². The van der Waals surface area contributed by atoms with Gasteiger partial charge in [0.25, 0.3) is 0 Å². The minimum Gasteiger partial charge on any atom is -0.350 e. The average Bonchev–Trinajstić information content (AvgIpc) is 2.80. The molecule has 1 unspecified atom stereocenters. The number of halogens is 1. The Balaban J connectivity index is 2.14. The molecule has 0 aliphatic rings. The summed E-state index contributed by atoms with van der Waals surface area (Å²) in [4.78, 5) is 0. The molecular formula is C17H17FN2. The monoisotopic (exact) mass is 268 g/mol. The normalized spacial score (nSPS) is 12.8. The van der Waals surface area contributed by atoms with Gasteiger partial charge in [-0.05, 0) is 29.3 Å². The molecule has 0 saturated carbocycles. The van der Waals surface area contributed by atoms with E-state index < -0.39 is 0 Å². The summed E-state index contributed by atoms with van der Waals surface area (Å²) in [5, 5.41) is 1.20. The van der Waals surface area contributed by atoms with Gasteiger partial charge in [-0.25, -0.2) is 4.39 Å². The number of aromatic nitrogens is 1. The summed E-state index contributed by atoms with van der Waals surface area (Å²) in [6.07, 6.45) is 2.12. The zero-order valence-corrected chi connectivity index (χ0v) is 11.4. The molecule has 2 aromatic carbocycles. The van der Waals surface area contributed by atoms with Gasteiger partial charge in [0.15, 0.2) is 0 Å². The van der Waals surface area contributed by atoms with E-state index in [-0.39, 0.29) is 11.7 Å². The van der Waals surface area contributed by atoms with Crippen molar-refractivity contribution in [2.24, 2.45) is 12.8 Å². The molecule has 0 spiro atoms. The zero-order chi connectivity index (χ0) is 14.1. The van der Waals surface area contributed by atoms with Gasteiger partial charge in [0.2, 0.25) is 0 Å². The molecule has 0 aliphatic heterocycles. The van der Waals surface area contributed by atoms with Gasteiger partial charge in [0, 0.05) is 36.6 Å². The van der Waals surface area contributed by atoms with Crippen LogP contribution in [0.2, 0.25) is 0 Å². The molecular weight excluding hydrogens is 251 g/mol. The van der Waals surface area contributed by atoms with Crippen LogP contribution in [0.15, 0.2) is 54.7 Å². The second kappa shape index (κ2) is 5.10. The molecule has 3 aromatic rings. The Labute approximate surface area is 117 Å². The van der Waals surface area contributed by atoms with Crippen molar-refractivity contribution in [2.45, 2.75) is 5.92 Å². The summed E-state index contributed by atoms with van der Waals surface area (Å²) in [5.74, 6) is -0.135. The number of nitrogens with two attached hydrogens (primary N) is 1. The number of nitrogens with zero attached hydrogens (tertiary/aromatic N) is 1. The molecule has 0 radical (unpaired) electrons. The fourth-order valence-electron chi connectivity index (χ4n) is 2.79. The lowest BCUT2D eigenvalue weighted by molar-refractivity contribution is 0.626. The third-order valence-corrected chi connectivity index (χ3v) is 3.81. The van der Waals surface area contributed by atoms with Crippen molar-refractivity contribution in [3.63, 3.8) is 0 Å². The van der Waals surface area contributed by atoms with Crippen molar-refractivity contribution in [1.82, 2.24) is 4.57 Å². The molecule has 0 fully saturated rings. The minimum absolute atomic E-state index is 0.0849. The number of hydrogen-bond acceptors (Lipinski definition) is 1. The fraction of sp³-hybridized carbons (Fsp3) is 0.176. The first kappa shape index (κ1) is 12.9. The highest BCUT2D eigenvalue weighted by atomic mass is 19.1. The van der Waals surface area contributed by atoms with Crippen molar-refractivity contribution in [2.75, 3.05) is 6.54 Å². The van der Waals surface area contributed by atoms with E-state index in [1.807, 2.05) is 31.3 Å². The summed E-state index contributed by atoms with van der Waals surface area (Å²) < 4.78 is 15.2. The lowest BCUT2D eigenvalue weighted by atomic mass is 9.91. The quantitative estimate of drug-likeness (QED) is 0.775. The first-order valence-corrected chi connectivity index (χ1v) is 6.70. The van der Waals surface area contributed by atoms with Crippen molar-refractivity contribution in [1.29, 1.82) is 0 Å². The molecule has 1 aromatic heterocycles. The van der Waals surface area contributed by atoms with Gasteiger partial charge in [-0.2, -0.15) is 0 Å². The Morgan fingerprint density at radius 2 is 1.80 bits per heavy atom. The Kier molecular flexibility index (Phi) is 3.28. The van der Waals surface area contributed by atoms with E-state index in [0.717, 1.165) is 5.56 Å². The van der Waals surface area contributed by atoms with Crippen LogP contribution in [0.25, 0.3) is 10.9 Å². The standard InChI is InChI=1S/C17H17FN2/c1-20-11-16(14-4-2-3-5-17(14)20)15(10-19)12-6-8-13(18)9-7-12/h2-9,11,15H,10,19H2,1H3. The van der Waals surface area contributed by atoms with E-state index in [1.54, 1.807) is 0 Å². The highest BCUT2D eigenvalue weighted by Gasteiger charge is 2.17. The molecule has 3 heteroatoms. The van der Waals surface area contributed by atoms with Crippen LogP contribution in [0, 0.1) is 5.82 Å². The number of hydrogen-bond donors (Lipinski definition) is 1. The molecule has 0 saturated heterocycles. The smallest absolute Gasteiger partial charge is 0.123 e. The van der Waals surface area contributed by atoms with Gasteiger partial charge in [-0.3, -0.25) is 0 Å². The highest BCUT2D eigenvalue weighted by Crippen LogP contribution is 2.31. The van der Waals surface area contributed by atoms with Crippen LogP contribution < -0.4 is 5.73 Å². The average molecular weight is 268 g/mol. The van der Waals surface area contributed by atoms with E-state index in [2.05, 4.69) is 22.9 Å². The predicted octanol–water partition coefficient (Wildman–Crippen LogP) is 3.41. The van der Waals surface area contributed by atoms with Crippen LogP contribution in [0.5, 0.6) is 0 Å². The molecule has 0 aliphatic carbocycles. The topological polar surface area (TPSA) is 30.9 Å². The number of aryl methyl sites for hydroxylation is 1. The van der Waals surface area contributed by atoms with Crippen molar-refractivity contribution in [3.8, 4) is 0 Å². The SMILES string of the molecule is Cn1cc(C(CN)c2ccc(F)cc2)c2ccccc21. The Morgan fingerprint density at radius 3 is 2.50 bits per heavy atom. The Bertz CT molecular complexity index is 728. The molecule has 1 atom stereocenters. The lowest BCUT2D eigenvalue weighted by Gasteiger charge is -2.14. The third-order valence-electron chi connectivity index (χ3n) is 3.81. The molecule has 2 N–H and O–H groups in total. The molecule has 3 rings (SSSR count). The summed E-state index contributed by atoms with van der Waals surface area (Å²) in [6, 6.07) is 14.9. The predicted molar refractivity (Wildman–Crippen MR) is 80.2 cm³/mol. The lowest BCUT2D eigenvalue weighted by Crippen LogP contribution is -2.13. The third kappa shape index (κ3) is 2.10. The largest absolute Gasteiger partial charge is 0.350 e. The maximum Gasteiger partial charge on any atom is 0.123 e. The summed E-state index contributed by atoms with van der Waals surface area (Å²) in [6.45, 7) is 0.500. The summed E-state index contributed by atoms with van der Waals surface area (Å²) in [7, 11) is 2.03. The molecule has 0 amide bonds. The van der Waals surface area contributed by atoms with Gasteiger partial charge < -0.3 is 10.3 Å². The van der Waals surface area contributed by atoms with Crippen LogP contribution in [-0.4, -0.2) is 11.1 Å². The number of fused-ring (bicyclic) bond motifs is 1. The number of benzene rings is 2. The molecule has 0 bridgehead atoms. The second-order valence-corrected chi connectivity index (χ2v) is 5.05. The first-order valence-electron chi connectivity index (χ1n) is 6.70. The second-order valence-electron chi connectivity index (χ2n) is 5.05. The number of para-hydroxylation sites is 1. The Hall–Kier alpha value is -2.13. The molecule has 20 heavy (non-hydrogen) atoms. The summed E-state index contributed by atoms with van der Waals surface area (Å²) in [5.41, 5.74) is 9.39. The molecule has 102 valence electrons. The van der Waals surface area contributed by atoms with Gasteiger partial charge in [-0.1, -0.05) is 30.3 Å². The van der Waals surface area contributed by atoms with Crippen LogP contribution >= 0.6 is 0 Å². The summed E-state index contributed by atoms with van der Waals surface area (Å²) >= 11 is 0. The molecule has 1 heterocycles. The van der Waals surface area contributed by atoms with Gasteiger partial charge in [-0.15, -0.1) is 0 Å². The maximum atomic E-state index is 13.1. The van der Waals surface area contributed by atoms with Crippen molar-refractivity contribution >= 4 is 10.9 Å². The van der Waals surface area contributed by atoms with Crippen LogP contribution in [0.4, 0.5) is 4.39 Å². The number of rotatable bonds is 3. The van der Waals surface area contributed by atoms with E-state index in [4.69, 9.17) is 5.73 Å². The van der Waals surface area contributed by atoms with E-state index >= 15 is 0 Å². The zero-order valence-electron chi connectivity index (χ0n) is 11.4. The van der Waals surface area contributed by atoms with E-state index in [9.17, 15) is 4.39 Å². The minimum atomic E-state index is -0.220.